The van der Waals surface area contributed by atoms with Gasteiger partial charge in [-0.15, -0.1) is 0 Å². The molecule has 9 nitrogen and oxygen atoms in total. The van der Waals surface area contributed by atoms with E-state index in [-0.39, 0.29) is 11.4 Å². The number of β-amino-alcohol motifs (C(OH)–C–C–N with tert-alkyl or cyclic N) is 1. The average molecular weight is 544 g/mol. The fraction of sp³-hybridized carbons (Fsp3) is 0.355. The van der Waals surface area contributed by atoms with Crippen molar-refractivity contribution >= 4 is 28.3 Å². The minimum atomic E-state index is -0.748. The normalized spacial score (nSPS) is 16.2. The smallest absolute Gasteiger partial charge is 0.324 e. The molecular formula is C31H37N5O4. The second-order valence-corrected chi connectivity index (χ2v) is 11.1. The number of aromatic nitrogens is 2. The fourth-order valence-corrected chi connectivity index (χ4v) is 4.67. The van der Waals surface area contributed by atoms with Crippen LogP contribution in [-0.2, 0) is 10.2 Å². The van der Waals surface area contributed by atoms with Gasteiger partial charge in [0, 0.05) is 41.9 Å². The molecule has 1 aliphatic heterocycles. The molecule has 1 aromatic heterocycles. The fourth-order valence-electron chi connectivity index (χ4n) is 4.67. The summed E-state index contributed by atoms with van der Waals surface area (Å²) in [5.41, 5.74) is 3.39. The summed E-state index contributed by atoms with van der Waals surface area (Å²) in [6.45, 7) is 11.2. The summed E-state index contributed by atoms with van der Waals surface area (Å²) in [5.74, 6) is 1.33. The van der Waals surface area contributed by atoms with Gasteiger partial charge in [0.25, 0.3) is 0 Å². The van der Waals surface area contributed by atoms with Crippen LogP contribution < -0.4 is 15.4 Å². The molecule has 1 fully saturated rings. The van der Waals surface area contributed by atoms with E-state index in [1.54, 1.807) is 4.68 Å². The Morgan fingerprint density at radius 3 is 2.55 bits per heavy atom. The van der Waals surface area contributed by atoms with Crippen LogP contribution in [0.15, 0.2) is 66.7 Å². The highest BCUT2D eigenvalue weighted by Crippen LogP contribution is 2.32. The largest absolute Gasteiger partial charge is 0.492 e. The van der Waals surface area contributed by atoms with Crippen molar-refractivity contribution in [2.75, 3.05) is 43.5 Å². The second-order valence-electron chi connectivity index (χ2n) is 11.1. The lowest BCUT2D eigenvalue weighted by molar-refractivity contribution is -0.146. The maximum absolute atomic E-state index is 13.2. The molecule has 2 amide bonds. The zero-order chi connectivity index (χ0) is 28.3. The molecule has 1 unspecified atom stereocenters. The number of carbonyl (C=O) groups is 1. The zero-order valence-corrected chi connectivity index (χ0v) is 23.5. The lowest BCUT2D eigenvalue weighted by Crippen LogP contribution is -2.43. The average Bonchev–Trinajstić information content (AvgIpc) is 3.34. The minimum absolute atomic E-state index is 0.184. The summed E-state index contributed by atoms with van der Waals surface area (Å²) in [5, 5.41) is 22.3. The number of urea groups is 1. The molecule has 40 heavy (non-hydrogen) atoms. The number of hydrogen-bond acceptors (Lipinski definition) is 6. The quantitative estimate of drug-likeness (QED) is 0.292. The van der Waals surface area contributed by atoms with Gasteiger partial charge in [-0.1, -0.05) is 62.7 Å². The van der Waals surface area contributed by atoms with Crippen molar-refractivity contribution in [3.8, 4) is 11.4 Å². The molecule has 0 spiro atoms. The molecule has 3 N–H and O–H groups in total. The van der Waals surface area contributed by atoms with Gasteiger partial charge in [0.1, 0.15) is 18.2 Å². The Morgan fingerprint density at radius 2 is 1.82 bits per heavy atom. The van der Waals surface area contributed by atoms with Crippen molar-refractivity contribution < 1.29 is 19.4 Å². The lowest BCUT2D eigenvalue weighted by Gasteiger charge is -2.29. The summed E-state index contributed by atoms with van der Waals surface area (Å²) in [4.78, 5) is 15.4. The number of aryl methyl sites for hydroxylation is 1. The number of benzene rings is 3. The summed E-state index contributed by atoms with van der Waals surface area (Å²) in [7, 11) is 0. The van der Waals surface area contributed by atoms with E-state index in [9.17, 15) is 9.90 Å². The molecular weight excluding hydrogens is 506 g/mol. The first kappa shape index (κ1) is 27.6. The topological polar surface area (TPSA) is 101 Å². The van der Waals surface area contributed by atoms with Gasteiger partial charge < -0.3 is 19.9 Å². The van der Waals surface area contributed by atoms with Gasteiger partial charge in [-0.2, -0.15) is 5.10 Å². The van der Waals surface area contributed by atoms with Gasteiger partial charge in [-0.25, -0.2) is 9.48 Å². The van der Waals surface area contributed by atoms with Crippen LogP contribution in [0.5, 0.6) is 5.75 Å². The van der Waals surface area contributed by atoms with Crippen LogP contribution in [0.4, 0.5) is 16.3 Å². The van der Waals surface area contributed by atoms with Crippen molar-refractivity contribution in [2.24, 2.45) is 0 Å². The van der Waals surface area contributed by atoms with Gasteiger partial charge in [0.05, 0.1) is 23.7 Å². The summed E-state index contributed by atoms with van der Waals surface area (Å²) in [6, 6.07) is 21.1. The highest BCUT2D eigenvalue weighted by Gasteiger charge is 2.22. The number of amides is 2. The molecule has 0 saturated carbocycles. The van der Waals surface area contributed by atoms with E-state index in [0.717, 1.165) is 40.0 Å². The van der Waals surface area contributed by atoms with Gasteiger partial charge in [0.2, 0.25) is 0 Å². The number of nitrogens with zero attached hydrogens (tertiary/aromatic N) is 3. The van der Waals surface area contributed by atoms with Crippen molar-refractivity contribution in [1.29, 1.82) is 0 Å². The molecule has 1 saturated heterocycles. The predicted octanol–water partition coefficient (Wildman–Crippen LogP) is 5.30. The molecule has 3 aromatic carbocycles. The number of anilines is 2. The summed E-state index contributed by atoms with van der Waals surface area (Å²) in [6.07, 6.45) is -0.748. The SMILES string of the molecule is Cc1ccc(-n2nc(C(C)(C)C)cc2NC(=O)Nc2ccc(OCCN3CCOC(O)C3)c3ccccc23)cc1. The standard InChI is InChI=1S/C31H37N5O4/c1-21-9-11-22(12-10-21)36-28(19-27(34-36)31(2,3)4)33-30(38)32-25-13-14-26(24-8-6-5-7-23(24)25)39-17-15-35-16-18-40-29(37)20-35/h5-14,19,29,37H,15-18,20H2,1-4H3,(H2,32,33,38). The van der Waals surface area contributed by atoms with Crippen LogP contribution in [0, 0.1) is 6.92 Å². The molecule has 4 aromatic rings. The van der Waals surface area contributed by atoms with Crippen molar-refractivity contribution in [3.63, 3.8) is 0 Å². The predicted molar refractivity (Wildman–Crippen MR) is 157 cm³/mol. The van der Waals surface area contributed by atoms with E-state index >= 15 is 0 Å². The number of rotatable bonds is 7. The molecule has 1 aliphatic rings. The highest BCUT2D eigenvalue weighted by molar-refractivity contribution is 6.07. The number of fused-ring (bicyclic) bond motifs is 1. The van der Waals surface area contributed by atoms with Crippen LogP contribution >= 0.6 is 0 Å². The number of morpholine rings is 1. The number of ether oxygens (including phenoxy) is 2. The third-order valence-electron chi connectivity index (χ3n) is 6.93. The lowest BCUT2D eigenvalue weighted by atomic mass is 9.92. The first-order valence-electron chi connectivity index (χ1n) is 13.6. The molecule has 0 radical (unpaired) electrons. The third kappa shape index (κ3) is 6.44. The van der Waals surface area contributed by atoms with Crippen molar-refractivity contribution in [3.05, 3.63) is 78.0 Å². The molecule has 2 heterocycles. The van der Waals surface area contributed by atoms with E-state index < -0.39 is 6.29 Å². The van der Waals surface area contributed by atoms with E-state index in [4.69, 9.17) is 14.6 Å². The van der Waals surface area contributed by atoms with Crippen LogP contribution in [0.2, 0.25) is 0 Å². The number of nitrogens with one attached hydrogen (secondary N) is 2. The monoisotopic (exact) mass is 543 g/mol. The summed E-state index contributed by atoms with van der Waals surface area (Å²) < 4.78 is 13.1. The Hall–Kier alpha value is -3.92. The molecule has 1 atom stereocenters. The minimum Gasteiger partial charge on any atom is -0.492 e. The Morgan fingerprint density at radius 1 is 1.07 bits per heavy atom. The van der Waals surface area contributed by atoms with Crippen molar-refractivity contribution in [1.82, 2.24) is 14.7 Å². The van der Waals surface area contributed by atoms with Gasteiger partial charge in [0.15, 0.2) is 6.29 Å². The van der Waals surface area contributed by atoms with Crippen LogP contribution in [0.3, 0.4) is 0 Å². The van der Waals surface area contributed by atoms with E-state index in [2.05, 4.69) is 36.3 Å². The maximum atomic E-state index is 13.2. The van der Waals surface area contributed by atoms with Gasteiger partial charge in [-0.05, 0) is 31.2 Å². The summed E-state index contributed by atoms with van der Waals surface area (Å²) >= 11 is 0. The van der Waals surface area contributed by atoms with Gasteiger partial charge in [-0.3, -0.25) is 10.2 Å². The van der Waals surface area contributed by atoms with Crippen LogP contribution in [0.1, 0.15) is 32.0 Å². The Balaban J connectivity index is 1.32. The first-order valence-corrected chi connectivity index (χ1v) is 13.6. The molecule has 9 heteroatoms. The van der Waals surface area contributed by atoms with Crippen molar-refractivity contribution in [2.45, 2.75) is 39.4 Å². The van der Waals surface area contributed by atoms with E-state index in [0.29, 0.717) is 37.8 Å². The van der Waals surface area contributed by atoms with E-state index in [1.165, 1.54) is 0 Å². The number of aliphatic hydroxyl groups is 1. The molecule has 5 rings (SSSR count). The third-order valence-corrected chi connectivity index (χ3v) is 6.93. The number of carbonyl (C=O) groups excluding carboxylic acids is 1. The molecule has 0 aliphatic carbocycles. The van der Waals surface area contributed by atoms with E-state index in [1.807, 2.05) is 73.7 Å². The molecule has 0 bridgehead atoms. The maximum Gasteiger partial charge on any atom is 0.324 e. The molecule has 210 valence electrons. The van der Waals surface area contributed by atoms with Gasteiger partial charge >= 0.3 is 6.03 Å². The zero-order valence-electron chi connectivity index (χ0n) is 23.5. The second kappa shape index (κ2) is 11.7. The number of aliphatic hydroxyl groups excluding tert-OH is 1. The highest BCUT2D eigenvalue weighted by atomic mass is 16.6. The van der Waals surface area contributed by atoms with Crippen LogP contribution in [0.25, 0.3) is 16.5 Å². The Kier molecular flexibility index (Phi) is 8.07. The Bertz CT molecular complexity index is 1480. The number of hydrogen-bond donors (Lipinski definition) is 3. The van der Waals surface area contributed by atoms with Crippen LogP contribution in [-0.4, -0.2) is 65.0 Å². The first-order chi connectivity index (χ1) is 19.2. The Labute approximate surface area is 234 Å².